The van der Waals surface area contributed by atoms with E-state index in [4.69, 9.17) is 9.63 Å². The average Bonchev–Trinajstić information content (AvgIpc) is 2.74. The lowest BCUT2D eigenvalue weighted by Gasteiger charge is -1.85. The molecule has 0 atom stereocenters. The molecule has 0 aromatic carbocycles. The van der Waals surface area contributed by atoms with Crippen molar-refractivity contribution in [3.8, 4) is 11.3 Å². The highest BCUT2D eigenvalue weighted by Crippen LogP contribution is 2.17. The molecule has 2 aromatic rings. The maximum absolute atomic E-state index is 8.70. The molecule has 14 heavy (non-hydrogen) atoms. The topological polar surface area (TPSA) is 64.1 Å². The van der Waals surface area contributed by atoms with Crippen molar-refractivity contribution in [3.63, 3.8) is 0 Å². The van der Waals surface area contributed by atoms with Gasteiger partial charge in [0.15, 0.2) is 0 Å². The Morgan fingerprint density at radius 2 is 2.43 bits per heavy atom. The second kappa shape index (κ2) is 3.63. The molecule has 0 spiro atoms. The Bertz CT molecular complexity index is 419. The van der Waals surface area contributed by atoms with E-state index in [1.165, 1.54) is 0 Å². The Kier molecular flexibility index (Phi) is 2.32. The summed E-state index contributed by atoms with van der Waals surface area (Å²) in [6, 6.07) is 1.81. The Balaban J connectivity index is 2.24. The minimum Gasteiger partial charge on any atom is -0.396 e. The summed E-state index contributed by atoms with van der Waals surface area (Å²) in [4.78, 5) is 0. The third kappa shape index (κ3) is 1.67. The molecule has 0 aliphatic carbocycles. The van der Waals surface area contributed by atoms with Crippen LogP contribution in [0.15, 0.2) is 23.0 Å². The maximum Gasteiger partial charge on any atom is 0.139 e. The van der Waals surface area contributed by atoms with Crippen LogP contribution in [0, 0.1) is 0 Å². The zero-order valence-corrected chi connectivity index (χ0v) is 7.84. The van der Waals surface area contributed by atoms with Gasteiger partial charge in [-0.05, 0) is 0 Å². The van der Waals surface area contributed by atoms with E-state index < -0.39 is 0 Å². The van der Waals surface area contributed by atoms with E-state index in [1.807, 2.05) is 19.3 Å². The molecule has 0 bridgehead atoms. The van der Waals surface area contributed by atoms with Gasteiger partial charge in [0.2, 0.25) is 0 Å². The zero-order valence-electron chi connectivity index (χ0n) is 7.84. The molecule has 0 amide bonds. The summed E-state index contributed by atoms with van der Waals surface area (Å²) in [5.74, 6) is 0.686. The molecular formula is C9H11N3O2. The van der Waals surface area contributed by atoms with Crippen molar-refractivity contribution in [2.24, 2.45) is 7.05 Å². The van der Waals surface area contributed by atoms with Crippen molar-refractivity contribution >= 4 is 0 Å². The molecule has 0 saturated carbocycles. The van der Waals surface area contributed by atoms with E-state index in [2.05, 4.69) is 10.3 Å². The number of hydrogen-bond acceptors (Lipinski definition) is 4. The van der Waals surface area contributed by atoms with Crippen LogP contribution in [0.3, 0.4) is 0 Å². The van der Waals surface area contributed by atoms with Crippen molar-refractivity contribution in [3.05, 3.63) is 24.2 Å². The molecule has 0 saturated heterocycles. The smallest absolute Gasteiger partial charge is 0.139 e. The van der Waals surface area contributed by atoms with E-state index in [0.29, 0.717) is 12.2 Å². The van der Waals surface area contributed by atoms with Crippen molar-refractivity contribution in [2.45, 2.75) is 6.42 Å². The van der Waals surface area contributed by atoms with E-state index in [-0.39, 0.29) is 6.61 Å². The van der Waals surface area contributed by atoms with Gasteiger partial charge < -0.3 is 9.63 Å². The molecule has 0 radical (unpaired) electrons. The van der Waals surface area contributed by atoms with E-state index in [9.17, 15) is 0 Å². The molecule has 2 heterocycles. The van der Waals surface area contributed by atoms with Gasteiger partial charge in [-0.2, -0.15) is 5.10 Å². The molecule has 0 unspecified atom stereocenters. The van der Waals surface area contributed by atoms with Crippen molar-refractivity contribution in [1.82, 2.24) is 14.9 Å². The number of aliphatic hydroxyl groups is 1. The van der Waals surface area contributed by atoms with E-state index in [1.54, 1.807) is 10.9 Å². The van der Waals surface area contributed by atoms with Gasteiger partial charge in [0.25, 0.3) is 0 Å². The summed E-state index contributed by atoms with van der Waals surface area (Å²) in [6.45, 7) is 0.0711. The predicted molar refractivity (Wildman–Crippen MR) is 49.5 cm³/mol. The summed E-state index contributed by atoms with van der Waals surface area (Å²) in [5, 5.41) is 16.6. The van der Waals surface area contributed by atoms with Crippen LogP contribution in [0.1, 0.15) is 5.76 Å². The first-order valence-electron chi connectivity index (χ1n) is 4.35. The fourth-order valence-electron chi connectivity index (χ4n) is 1.23. The standard InChI is InChI=1S/C9H11N3O2/c1-12-6-7(5-10-12)9-4-8(2-3-13)14-11-9/h4-6,13H,2-3H2,1H3. The quantitative estimate of drug-likeness (QED) is 0.775. The maximum atomic E-state index is 8.70. The second-order valence-electron chi connectivity index (χ2n) is 3.05. The summed E-state index contributed by atoms with van der Waals surface area (Å²) < 4.78 is 6.73. The highest BCUT2D eigenvalue weighted by atomic mass is 16.5. The number of aromatic nitrogens is 3. The summed E-state index contributed by atoms with van der Waals surface area (Å²) in [5.41, 5.74) is 1.67. The first kappa shape index (κ1) is 8.96. The number of nitrogens with zero attached hydrogens (tertiary/aromatic N) is 3. The highest BCUT2D eigenvalue weighted by Gasteiger charge is 2.07. The lowest BCUT2D eigenvalue weighted by atomic mass is 10.2. The van der Waals surface area contributed by atoms with Crippen LogP contribution in [0.5, 0.6) is 0 Å². The van der Waals surface area contributed by atoms with Crippen molar-refractivity contribution in [2.75, 3.05) is 6.61 Å². The molecule has 0 fully saturated rings. The van der Waals surface area contributed by atoms with Crippen LogP contribution < -0.4 is 0 Å². The van der Waals surface area contributed by atoms with Gasteiger partial charge in [-0.3, -0.25) is 4.68 Å². The minimum absolute atomic E-state index is 0.0711. The molecular weight excluding hydrogens is 182 g/mol. The van der Waals surface area contributed by atoms with Crippen LogP contribution in [0.25, 0.3) is 11.3 Å². The fraction of sp³-hybridized carbons (Fsp3) is 0.333. The van der Waals surface area contributed by atoms with Crippen LogP contribution in [0.2, 0.25) is 0 Å². The minimum atomic E-state index is 0.0711. The van der Waals surface area contributed by atoms with E-state index in [0.717, 1.165) is 11.3 Å². The lowest BCUT2D eigenvalue weighted by molar-refractivity contribution is 0.277. The molecule has 0 aliphatic heterocycles. The summed E-state index contributed by atoms with van der Waals surface area (Å²) in [7, 11) is 1.85. The molecule has 0 aliphatic rings. The first-order valence-corrected chi connectivity index (χ1v) is 4.35. The van der Waals surface area contributed by atoms with E-state index >= 15 is 0 Å². The van der Waals surface area contributed by atoms with Gasteiger partial charge in [0, 0.05) is 31.3 Å². The Labute approximate surface area is 81.0 Å². The average molecular weight is 193 g/mol. The fourth-order valence-corrected chi connectivity index (χ4v) is 1.23. The Morgan fingerprint density at radius 3 is 3.07 bits per heavy atom. The first-order chi connectivity index (χ1) is 6.79. The predicted octanol–water partition coefficient (Wildman–Crippen LogP) is 0.610. The van der Waals surface area contributed by atoms with Crippen LogP contribution in [-0.2, 0) is 13.5 Å². The van der Waals surface area contributed by atoms with Crippen molar-refractivity contribution in [1.29, 1.82) is 0 Å². The monoisotopic (exact) mass is 193 g/mol. The number of rotatable bonds is 3. The van der Waals surface area contributed by atoms with Crippen molar-refractivity contribution < 1.29 is 9.63 Å². The SMILES string of the molecule is Cn1cc(-c2cc(CCO)on2)cn1. The van der Waals surface area contributed by atoms with Crippen LogP contribution >= 0.6 is 0 Å². The largest absolute Gasteiger partial charge is 0.396 e. The lowest BCUT2D eigenvalue weighted by Crippen LogP contribution is -1.86. The molecule has 1 N–H and O–H groups in total. The third-order valence-corrected chi connectivity index (χ3v) is 1.92. The van der Waals surface area contributed by atoms with Gasteiger partial charge in [0.1, 0.15) is 11.5 Å². The van der Waals surface area contributed by atoms with Gasteiger partial charge in [-0.25, -0.2) is 0 Å². The summed E-state index contributed by atoms with van der Waals surface area (Å²) >= 11 is 0. The molecule has 2 rings (SSSR count). The second-order valence-corrected chi connectivity index (χ2v) is 3.05. The van der Waals surface area contributed by atoms with Gasteiger partial charge in [0.05, 0.1) is 12.8 Å². The number of hydrogen-bond donors (Lipinski definition) is 1. The number of aliphatic hydroxyl groups excluding tert-OH is 1. The highest BCUT2D eigenvalue weighted by molar-refractivity contribution is 5.56. The number of aryl methyl sites for hydroxylation is 1. The van der Waals surface area contributed by atoms with Crippen LogP contribution in [-0.4, -0.2) is 26.7 Å². The van der Waals surface area contributed by atoms with Gasteiger partial charge in [-0.15, -0.1) is 0 Å². The molecule has 5 heteroatoms. The molecule has 2 aromatic heterocycles. The Hall–Kier alpha value is -1.62. The van der Waals surface area contributed by atoms with Gasteiger partial charge in [-0.1, -0.05) is 5.16 Å². The Morgan fingerprint density at radius 1 is 1.57 bits per heavy atom. The zero-order chi connectivity index (χ0) is 9.97. The summed E-state index contributed by atoms with van der Waals surface area (Å²) in [6.07, 6.45) is 4.08. The molecule has 74 valence electrons. The van der Waals surface area contributed by atoms with Gasteiger partial charge >= 0.3 is 0 Å². The molecule has 5 nitrogen and oxygen atoms in total. The third-order valence-electron chi connectivity index (χ3n) is 1.92. The normalized spacial score (nSPS) is 10.7. The van der Waals surface area contributed by atoms with Crippen LogP contribution in [0.4, 0.5) is 0 Å².